The first-order chi connectivity index (χ1) is 13.5. The summed E-state index contributed by atoms with van der Waals surface area (Å²) in [6, 6.07) is 3.63. The van der Waals surface area contributed by atoms with E-state index in [9.17, 15) is 18.4 Å². The number of piperidine rings is 1. The number of carbonyl (C=O) groups excluding carboxylic acids is 2. The number of hydrogen-bond donors (Lipinski definition) is 1. The fraction of sp³-hybridized carbons (Fsp3) is 0.450. The molecule has 1 N–H and O–H groups in total. The summed E-state index contributed by atoms with van der Waals surface area (Å²) in [5.74, 6) is -1.80. The van der Waals surface area contributed by atoms with Gasteiger partial charge in [-0.1, -0.05) is 18.1 Å². The van der Waals surface area contributed by atoms with Crippen LogP contribution in [0.3, 0.4) is 0 Å². The molecule has 0 radical (unpaired) electrons. The molecule has 1 aromatic carbocycles. The predicted octanol–water partition coefficient (Wildman–Crippen LogP) is 2.48. The van der Waals surface area contributed by atoms with Crippen molar-refractivity contribution in [3.8, 4) is 0 Å². The minimum absolute atomic E-state index is 0.00587. The zero-order chi connectivity index (χ0) is 19.8. The third-order valence-corrected chi connectivity index (χ3v) is 5.64. The lowest BCUT2D eigenvalue weighted by Gasteiger charge is -2.20. The van der Waals surface area contributed by atoms with Crippen LogP contribution in [0.2, 0.25) is 0 Å². The van der Waals surface area contributed by atoms with Crippen molar-refractivity contribution in [1.82, 2.24) is 15.4 Å². The maximum atomic E-state index is 13.3. The summed E-state index contributed by atoms with van der Waals surface area (Å²) < 4.78 is 31.2. The molecule has 0 spiro atoms. The Kier molecular flexibility index (Phi) is 4.87. The molecular weight excluding hydrogens is 368 g/mol. The van der Waals surface area contributed by atoms with Crippen molar-refractivity contribution in [2.45, 2.75) is 44.7 Å². The lowest BCUT2D eigenvalue weighted by molar-refractivity contribution is -0.131. The van der Waals surface area contributed by atoms with Crippen LogP contribution in [0.5, 0.6) is 0 Å². The standard InChI is InChI=1S/C20H21F2N3O3/c1-2-16-13(10-28-24-16)20(27)23-18-12-7-8-25(19(12)18)17(26)6-4-11-3-5-14(21)15(22)9-11/h3,5,9-10,12,18-19H,2,4,6-8H2,1H3,(H,23,27)/t12-,18-,19-/m1/s1. The number of hydrogen-bond acceptors (Lipinski definition) is 4. The minimum atomic E-state index is -0.906. The van der Waals surface area contributed by atoms with E-state index in [0.717, 1.165) is 18.6 Å². The first-order valence-electron chi connectivity index (χ1n) is 9.47. The Morgan fingerprint density at radius 1 is 1.32 bits per heavy atom. The molecule has 1 saturated heterocycles. The zero-order valence-electron chi connectivity index (χ0n) is 15.5. The van der Waals surface area contributed by atoms with E-state index in [1.165, 1.54) is 12.3 Å². The van der Waals surface area contributed by atoms with E-state index in [2.05, 4.69) is 10.5 Å². The van der Waals surface area contributed by atoms with Crippen LogP contribution in [-0.4, -0.2) is 40.5 Å². The second-order valence-corrected chi connectivity index (χ2v) is 7.31. The van der Waals surface area contributed by atoms with E-state index < -0.39 is 11.6 Å². The quantitative estimate of drug-likeness (QED) is 0.824. The van der Waals surface area contributed by atoms with Gasteiger partial charge in [0.25, 0.3) is 5.91 Å². The van der Waals surface area contributed by atoms with Gasteiger partial charge < -0.3 is 14.7 Å². The molecule has 1 saturated carbocycles. The zero-order valence-corrected chi connectivity index (χ0v) is 15.5. The van der Waals surface area contributed by atoms with E-state index >= 15 is 0 Å². The van der Waals surface area contributed by atoms with Crippen LogP contribution < -0.4 is 5.32 Å². The molecule has 1 aromatic heterocycles. The molecule has 8 heteroatoms. The summed E-state index contributed by atoms with van der Waals surface area (Å²) in [5.41, 5.74) is 1.63. The SMILES string of the molecule is CCc1nocc1C(=O)N[C@@H]1[C@H]2CCN(C(=O)CCc3ccc(F)c(F)c3)[C@H]21. The largest absolute Gasteiger partial charge is 0.364 e. The molecule has 1 aliphatic heterocycles. The Morgan fingerprint density at radius 2 is 2.14 bits per heavy atom. The summed E-state index contributed by atoms with van der Waals surface area (Å²) in [7, 11) is 0. The van der Waals surface area contributed by atoms with Crippen LogP contribution in [0.1, 0.15) is 41.4 Å². The predicted molar refractivity (Wildman–Crippen MR) is 95.4 cm³/mol. The van der Waals surface area contributed by atoms with Crippen LogP contribution in [0.4, 0.5) is 8.78 Å². The highest BCUT2D eigenvalue weighted by atomic mass is 19.2. The molecule has 3 atom stereocenters. The van der Waals surface area contributed by atoms with Crippen molar-refractivity contribution in [2.24, 2.45) is 5.92 Å². The Balaban J connectivity index is 1.32. The van der Waals surface area contributed by atoms with Gasteiger partial charge in [-0.2, -0.15) is 0 Å². The second-order valence-electron chi connectivity index (χ2n) is 7.31. The number of aryl methyl sites for hydroxylation is 2. The van der Waals surface area contributed by atoms with Crippen LogP contribution in [0.25, 0.3) is 0 Å². The van der Waals surface area contributed by atoms with Gasteiger partial charge in [-0.05, 0) is 37.0 Å². The van der Waals surface area contributed by atoms with E-state index in [-0.39, 0.29) is 36.2 Å². The molecule has 0 bridgehead atoms. The molecule has 2 fully saturated rings. The average molecular weight is 389 g/mol. The molecule has 4 rings (SSSR count). The monoisotopic (exact) mass is 389 g/mol. The average Bonchev–Trinajstić information content (AvgIpc) is 3.08. The van der Waals surface area contributed by atoms with Gasteiger partial charge in [0.15, 0.2) is 11.6 Å². The number of benzene rings is 1. The fourth-order valence-corrected chi connectivity index (χ4v) is 4.07. The maximum absolute atomic E-state index is 13.3. The normalized spacial score (nSPS) is 22.8. The third-order valence-electron chi connectivity index (χ3n) is 5.64. The summed E-state index contributed by atoms with van der Waals surface area (Å²) in [5, 5.41) is 6.79. The van der Waals surface area contributed by atoms with Crippen molar-refractivity contribution < 1.29 is 22.9 Å². The summed E-state index contributed by atoms with van der Waals surface area (Å²) in [6.07, 6.45) is 3.36. The molecule has 0 unspecified atom stereocenters. The van der Waals surface area contributed by atoms with Gasteiger partial charge >= 0.3 is 0 Å². The van der Waals surface area contributed by atoms with Crippen molar-refractivity contribution in [3.63, 3.8) is 0 Å². The van der Waals surface area contributed by atoms with Crippen molar-refractivity contribution in [2.75, 3.05) is 6.54 Å². The number of halogens is 2. The molecule has 148 valence electrons. The fourth-order valence-electron chi connectivity index (χ4n) is 4.07. The summed E-state index contributed by atoms with van der Waals surface area (Å²) in [6.45, 7) is 2.56. The van der Waals surface area contributed by atoms with E-state index in [1.54, 1.807) is 4.90 Å². The Morgan fingerprint density at radius 3 is 2.89 bits per heavy atom. The highest BCUT2D eigenvalue weighted by Gasteiger charge is 2.59. The first kappa shape index (κ1) is 18.6. The number of amides is 2. The number of aromatic nitrogens is 1. The maximum Gasteiger partial charge on any atom is 0.256 e. The topological polar surface area (TPSA) is 75.4 Å². The highest BCUT2D eigenvalue weighted by Crippen LogP contribution is 2.45. The van der Waals surface area contributed by atoms with Gasteiger partial charge in [-0.15, -0.1) is 0 Å². The van der Waals surface area contributed by atoms with Gasteiger partial charge in [0.1, 0.15) is 11.8 Å². The molecule has 2 aromatic rings. The number of fused-ring (bicyclic) bond motifs is 1. The lowest BCUT2D eigenvalue weighted by atomic mass is 10.1. The molecule has 2 amide bonds. The Labute approximate surface area is 160 Å². The Bertz CT molecular complexity index is 914. The van der Waals surface area contributed by atoms with Gasteiger partial charge in [-0.3, -0.25) is 9.59 Å². The lowest BCUT2D eigenvalue weighted by Crippen LogP contribution is -2.39. The number of nitrogens with one attached hydrogen (secondary N) is 1. The smallest absolute Gasteiger partial charge is 0.256 e. The van der Waals surface area contributed by atoms with Gasteiger partial charge in [0, 0.05) is 18.9 Å². The van der Waals surface area contributed by atoms with Gasteiger partial charge in [0.05, 0.1) is 17.8 Å². The van der Waals surface area contributed by atoms with Crippen LogP contribution in [-0.2, 0) is 17.6 Å². The van der Waals surface area contributed by atoms with Crippen LogP contribution in [0, 0.1) is 17.6 Å². The number of nitrogens with zero attached hydrogens (tertiary/aromatic N) is 2. The van der Waals surface area contributed by atoms with Crippen molar-refractivity contribution in [3.05, 3.63) is 52.9 Å². The molecular formula is C20H21F2N3O3. The second kappa shape index (κ2) is 7.33. The van der Waals surface area contributed by atoms with E-state index in [1.807, 2.05) is 6.92 Å². The summed E-state index contributed by atoms with van der Waals surface area (Å²) in [4.78, 5) is 26.8. The van der Waals surface area contributed by atoms with Crippen LogP contribution in [0.15, 0.2) is 29.0 Å². The molecule has 2 heterocycles. The number of carbonyl (C=O) groups is 2. The van der Waals surface area contributed by atoms with Crippen molar-refractivity contribution >= 4 is 11.8 Å². The van der Waals surface area contributed by atoms with E-state index in [0.29, 0.717) is 36.2 Å². The van der Waals surface area contributed by atoms with Gasteiger partial charge in [-0.25, -0.2) is 8.78 Å². The van der Waals surface area contributed by atoms with E-state index in [4.69, 9.17) is 4.52 Å². The first-order valence-corrected chi connectivity index (χ1v) is 9.47. The molecule has 28 heavy (non-hydrogen) atoms. The minimum Gasteiger partial charge on any atom is -0.364 e. The molecule has 1 aliphatic carbocycles. The highest BCUT2D eigenvalue weighted by molar-refractivity contribution is 5.95. The Hall–Kier alpha value is -2.77. The van der Waals surface area contributed by atoms with Crippen molar-refractivity contribution in [1.29, 1.82) is 0 Å². The third kappa shape index (κ3) is 3.39. The molecule has 6 nitrogen and oxygen atoms in total. The van der Waals surface area contributed by atoms with Crippen LogP contribution >= 0.6 is 0 Å². The molecule has 2 aliphatic rings. The summed E-state index contributed by atoms with van der Waals surface area (Å²) >= 11 is 0. The van der Waals surface area contributed by atoms with Gasteiger partial charge in [0.2, 0.25) is 5.91 Å². The number of likely N-dealkylation sites (tertiary alicyclic amines) is 1. The number of rotatable bonds is 6.